The van der Waals surface area contributed by atoms with Crippen molar-refractivity contribution >= 4 is 11.5 Å². The predicted octanol–water partition coefficient (Wildman–Crippen LogP) is 0.168. The van der Waals surface area contributed by atoms with Crippen LogP contribution in [0.25, 0.3) is 5.65 Å². The highest BCUT2D eigenvalue weighted by molar-refractivity contribution is 5.43. The highest BCUT2D eigenvalue weighted by Crippen LogP contribution is 2.29. The van der Waals surface area contributed by atoms with Crippen molar-refractivity contribution in [3.05, 3.63) is 12.1 Å². The third-order valence-corrected chi connectivity index (χ3v) is 4.01. The second-order valence-corrected chi connectivity index (χ2v) is 5.03. The zero-order valence-corrected chi connectivity index (χ0v) is 10.0. The van der Waals surface area contributed by atoms with Gasteiger partial charge in [-0.05, 0) is 48.4 Å². The Kier molecular flexibility index (Phi) is 2.19. The van der Waals surface area contributed by atoms with Gasteiger partial charge in [0.25, 0.3) is 0 Å². The lowest BCUT2D eigenvalue weighted by molar-refractivity contribution is 0.318. The Morgan fingerprint density at radius 2 is 2.22 bits per heavy atom. The first-order valence-electron chi connectivity index (χ1n) is 6.46. The third-order valence-electron chi connectivity index (χ3n) is 4.01. The molecule has 0 aromatic carbocycles. The molecule has 2 aromatic heterocycles. The molecule has 94 valence electrons. The van der Waals surface area contributed by atoms with Gasteiger partial charge in [-0.3, -0.25) is 4.90 Å². The van der Waals surface area contributed by atoms with E-state index >= 15 is 0 Å². The average Bonchev–Trinajstić information content (AvgIpc) is 3.06. The van der Waals surface area contributed by atoms with Crippen LogP contribution in [0.5, 0.6) is 0 Å². The summed E-state index contributed by atoms with van der Waals surface area (Å²) in [5.74, 6) is 0.855. The zero-order chi connectivity index (χ0) is 11.9. The first kappa shape index (κ1) is 10.2. The van der Waals surface area contributed by atoms with Crippen LogP contribution in [0.15, 0.2) is 12.1 Å². The van der Waals surface area contributed by atoms with Crippen molar-refractivity contribution in [3.63, 3.8) is 0 Å². The minimum atomic E-state index is 0.508. The third kappa shape index (κ3) is 1.54. The maximum Gasteiger partial charge on any atom is 0.200 e. The van der Waals surface area contributed by atoms with Gasteiger partial charge in [0, 0.05) is 18.6 Å². The summed E-state index contributed by atoms with van der Waals surface area (Å²) in [5, 5.41) is 19.1. The van der Waals surface area contributed by atoms with Crippen LogP contribution in [0.2, 0.25) is 0 Å². The lowest BCUT2D eigenvalue weighted by atomic mass is 10.1. The van der Waals surface area contributed by atoms with Crippen LogP contribution >= 0.6 is 0 Å². The molecule has 2 unspecified atom stereocenters. The summed E-state index contributed by atoms with van der Waals surface area (Å²) in [5.41, 5.74) is 0.675. The Balaban J connectivity index is 1.56. The van der Waals surface area contributed by atoms with Crippen LogP contribution in [0.1, 0.15) is 19.3 Å². The number of hydrogen-bond donors (Lipinski definition) is 1. The van der Waals surface area contributed by atoms with Crippen LogP contribution in [-0.4, -0.2) is 55.3 Å². The van der Waals surface area contributed by atoms with E-state index in [1.807, 2.05) is 12.1 Å². The van der Waals surface area contributed by atoms with Crippen molar-refractivity contribution in [1.82, 2.24) is 30.2 Å². The molecule has 0 saturated carbocycles. The van der Waals surface area contributed by atoms with Gasteiger partial charge in [-0.2, -0.15) is 0 Å². The van der Waals surface area contributed by atoms with Crippen LogP contribution in [0, 0.1) is 0 Å². The quantitative estimate of drug-likeness (QED) is 0.813. The summed E-state index contributed by atoms with van der Waals surface area (Å²) in [6.07, 6.45) is 3.81. The van der Waals surface area contributed by atoms with Crippen LogP contribution < -0.4 is 5.32 Å². The number of fused-ring (bicyclic) bond motifs is 2. The predicted molar refractivity (Wildman–Crippen MR) is 65.2 cm³/mol. The molecule has 4 heterocycles. The molecule has 18 heavy (non-hydrogen) atoms. The van der Waals surface area contributed by atoms with Crippen LogP contribution in [-0.2, 0) is 0 Å². The maximum absolute atomic E-state index is 4.36. The molecule has 2 aromatic rings. The molecule has 2 aliphatic rings. The van der Waals surface area contributed by atoms with E-state index in [-0.39, 0.29) is 0 Å². The first-order chi connectivity index (χ1) is 8.90. The van der Waals surface area contributed by atoms with Crippen molar-refractivity contribution in [2.24, 2.45) is 0 Å². The molecule has 0 amide bonds. The standard InChI is InChI=1S/C11H15N7/c1-2-9-8(5-7-17(9)6-1)12-10-3-4-11-13-15-16-18(11)14-10/h3-4,8-9H,1-2,5-7H2,(H,12,14). The molecule has 0 bridgehead atoms. The van der Waals surface area contributed by atoms with Gasteiger partial charge in [0.1, 0.15) is 5.82 Å². The molecule has 2 fully saturated rings. The minimum Gasteiger partial charge on any atom is -0.364 e. The molecule has 2 aliphatic heterocycles. The Labute approximate surface area is 104 Å². The van der Waals surface area contributed by atoms with E-state index in [0.29, 0.717) is 17.7 Å². The smallest absolute Gasteiger partial charge is 0.200 e. The van der Waals surface area contributed by atoms with E-state index in [9.17, 15) is 0 Å². The fraction of sp³-hybridized carbons (Fsp3) is 0.636. The fourth-order valence-electron chi connectivity index (χ4n) is 3.17. The van der Waals surface area contributed by atoms with Gasteiger partial charge in [0.15, 0.2) is 5.65 Å². The molecule has 7 nitrogen and oxygen atoms in total. The molecule has 0 radical (unpaired) electrons. The molecule has 2 atom stereocenters. The van der Waals surface area contributed by atoms with Gasteiger partial charge in [0.2, 0.25) is 0 Å². The Morgan fingerprint density at radius 1 is 1.22 bits per heavy atom. The fourth-order valence-corrected chi connectivity index (χ4v) is 3.17. The van der Waals surface area contributed by atoms with E-state index in [1.165, 1.54) is 37.0 Å². The Hall–Kier alpha value is -1.76. The number of anilines is 1. The van der Waals surface area contributed by atoms with Gasteiger partial charge in [0.05, 0.1) is 0 Å². The average molecular weight is 245 g/mol. The van der Waals surface area contributed by atoms with E-state index in [4.69, 9.17) is 0 Å². The summed E-state index contributed by atoms with van der Waals surface area (Å²) >= 11 is 0. The van der Waals surface area contributed by atoms with Crippen molar-refractivity contribution in [1.29, 1.82) is 0 Å². The largest absolute Gasteiger partial charge is 0.364 e. The normalized spacial score (nSPS) is 27.8. The van der Waals surface area contributed by atoms with E-state index in [1.54, 1.807) is 0 Å². The minimum absolute atomic E-state index is 0.508. The Morgan fingerprint density at radius 3 is 3.22 bits per heavy atom. The topological polar surface area (TPSA) is 71.2 Å². The molecule has 4 rings (SSSR count). The summed E-state index contributed by atoms with van der Waals surface area (Å²) in [7, 11) is 0. The van der Waals surface area contributed by atoms with Gasteiger partial charge in [-0.15, -0.1) is 14.8 Å². The molecule has 0 aliphatic carbocycles. The second-order valence-electron chi connectivity index (χ2n) is 5.03. The van der Waals surface area contributed by atoms with E-state index in [2.05, 4.69) is 30.8 Å². The van der Waals surface area contributed by atoms with Crippen LogP contribution in [0.3, 0.4) is 0 Å². The summed E-state index contributed by atoms with van der Waals surface area (Å²) < 4.78 is 1.46. The van der Waals surface area contributed by atoms with Gasteiger partial charge < -0.3 is 5.32 Å². The lowest BCUT2D eigenvalue weighted by Gasteiger charge is -2.21. The number of tetrazole rings is 1. The maximum atomic E-state index is 4.36. The molecular weight excluding hydrogens is 230 g/mol. The van der Waals surface area contributed by atoms with Crippen molar-refractivity contribution in [2.75, 3.05) is 18.4 Å². The first-order valence-corrected chi connectivity index (χ1v) is 6.46. The second kappa shape index (κ2) is 3.88. The van der Waals surface area contributed by atoms with E-state index in [0.717, 1.165) is 5.82 Å². The number of aromatic nitrogens is 5. The number of rotatable bonds is 2. The van der Waals surface area contributed by atoms with E-state index < -0.39 is 0 Å². The van der Waals surface area contributed by atoms with Crippen molar-refractivity contribution < 1.29 is 0 Å². The van der Waals surface area contributed by atoms with Crippen molar-refractivity contribution in [3.8, 4) is 0 Å². The summed E-state index contributed by atoms with van der Waals surface area (Å²) in [4.78, 5) is 2.58. The number of nitrogens with zero attached hydrogens (tertiary/aromatic N) is 6. The number of hydrogen-bond acceptors (Lipinski definition) is 6. The van der Waals surface area contributed by atoms with Crippen molar-refractivity contribution in [2.45, 2.75) is 31.3 Å². The molecular formula is C11H15N7. The summed E-state index contributed by atoms with van der Waals surface area (Å²) in [6, 6.07) is 5.02. The van der Waals surface area contributed by atoms with Gasteiger partial charge in [-0.1, -0.05) is 0 Å². The van der Waals surface area contributed by atoms with Gasteiger partial charge >= 0.3 is 0 Å². The molecule has 2 saturated heterocycles. The van der Waals surface area contributed by atoms with Gasteiger partial charge in [-0.25, -0.2) is 0 Å². The molecule has 7 heteroatoms. The molecule has 0 spiro atoms. The zero-order valence-electron chi connectivity index (χ0n) is 10.0. The lowest BCUT2D eigenvalue weighted by Crippen LogP contribution is -2.34. The monoisotopic (exact) mass is 245 g/mol. The highest BCUT2D eigenvalue weighted by Gasteiger charge is 2.37. The summed E-state index contributed by atoms with van der Waals surface area (Å²) in [6.45, 7) is 2.46. The van der Waals surface area contributed by atoms with Crippen LogP contribution in [0.4, 0.5) is 5.82 Å². The molecule has 1 N–H and O–H groups in total. The Bertz CT molecular complexity index is 565. The highest BCUT2D eigenvalue weighted by atomic mass is 15.6. The SMILES string of the molecule is c1cc2nnnn2nc1NC1CCN2CCCC12. The number of nitrogens with one attached hydrogen (secondary N) is 1.